The van der Waals surface area contributed by atoms with Crippen LogP contribution < -0.4 is 0 Å². The third-order valence-corrected chi connectivity index (χ3v) is 5.37. The summed E-state index contributed by atoms with van der Waals surface area (Å²) in [5.41, 5.74) is 1.93. The third kappa shape index (κ3) is 5.30. The molecule has 0 fully saturated rings. The topological polar surface area (TPSA) is 60.7 Å². The molecule has 0 saturated carbocycles. The molecule has 134 valence electrons. The van der Waals surface area contributed by atoms with Crippen LogP contribution >= 0.6 is 11.3 Å². The van der Waals surface area contributed by atoms with Crippen LogP contribution in [0.25, 0.3) is 6.08 Å². The van der Waals surface area contributed by atoms with Crippen molar-refractivity contribution in [2.24, 2.45) is 5.92 Å². The van der Waals surface area contributed by atoms with E-state index in [0.717, 1.165) is 22.4 Å². The lowest BCUT2D eigenvalue weighted by Gasteiger charge is -2.24. The van der Waals surface area contributed by atoms with Crippen LogP contribution in [0.4, 0.5) is 0 Å². The van der Waals surface area contributed by atoms with Crippen molar-refractivity contribution in [3.05, 3.63) is 70.4 Å². The predicted molar refractivity (Wildman–Crippen MR) is 105 cm³/mol. The van der Waals surface area contributed by atoms with Gasteiger partial charge < -0.3 is 15.3 Å². The number of para-hydroxylation sites is 1. The number of aromatic hydroxyl groups is 1. The fourth-order valence-corrected chi connectivity index (χ4v) is 3.62. The van der Waals surface area contributed by atoms with Crippen molar-refractivity contribution >= 4 is 17.4 Å². The van der Waals surface area contributed by atoms with Crippen molar-refractivity contribution in [1.82, 2.24) is 0 Å². The van der Waals surface area contributed by atoms with Crippen molar-refractivity contribution in [2.45, 2.75) is 38.4 Å². The standard InChI is InChI=1S/C21H26O3S/c1-3-15(14-16-8-5-6-9-18(16)22)11-12-19(23)17(4-2)21(24)20-10-7-13-25-20/h4-10,13-14,17,19,21-24H,2-3,11-12H2,1H3/b15-14+/t17-,19-,21+/m1/s1. The van der Waals surface area contributed by atoms with E-state index in [0.29, 0.717) is 12.8 Å². The van der Waals surface area contributed by atoms with Crippen LogP contribution in [0, 0.1) is 5.92 Å². The molecule has 0 bridgehead atoms. The minimum atomic E-state index is -0.736. The zero-order valence-electron chi connectivity index (χ0n) is 14.5. The highest BCUT2D eigenvalue weighted by Crippen LogP contribution is 2.31. The highest BCUT2D eigenvalue weighted by molar-refractivity contribution is 7.10. The van der Waals surface area contributed by atoms with Crippen molar-refractivity contribution in [3.8, 4) is 5.75 Å². The molecule has 0 unspecified atom stereocenters. The minimum Gasteiger partial charge on any atom is -0.507 e. The molecule has 0 aliphatic carbocycles. The van der Waals surface area contributed by atoms with Gasteiger partial charge >= 0.3 is 0 Å². The molecule has 0 radical (unpaired) electrons. The molecule has 0 amide bonds. The number of thiophene rings is 1. The van der Waals surface area contributed by atoms with Crippen molar-refractivity contribution in [3.63, 3.8) is 0 Å². The second-order valence-electron chi connectivity index (χ2n) is 6.09. The lowest BCUT2D eigenvalue weighted by Crippen LogP contribution is -2.24. The first-order valence-electron chi connectivity index (χ1n) is 8.56. The van der Waals surface area contributed by atoms with Gasteiger partial charge in [0.05, 0.1) is 12.2 Å². The molecule has 1 heterocycles. The fourth-order valence-electron chi connectivity index (χ4n) is 2.85. The summed E-state index contributed by atoms with van der Waals surface area (Å²) in [6.07, 6.45) is 4.27. The molecular formula is C21H26O3S. The van der Waals surface area contributed by atoms with Gasteiger partial charge in [0.25, 0.3) is 0 Å². The van der Waals surface area contributed by atoms with Gasteiger partial charge in [-0.05, 0) is 36.8 Å². The van der Waals surface area contributed by atoms with E-state index in [1.807, 2.05) is 35.7 Å². The van der Waals surface area contributed by atoms with Gasteiger partial charge in [-0.1, -0.05) is 48.9 Å². The molecular weight excluding hydrogens is 332 g/mol. The van der Waals surface area contributed by atoms with E-state index in [-0.39, 0.29) is 5.75 Å². The largest absolute Gasteiger partial charge is 0.507 e. The number of hydrogen-bond donors (Lipinski definition) is 3. The van der Waals surface area contributed by atoms with Crippen LogP contribution in [-0.2, 0) is 0 Å². The Morgan fingerprint density at radius 1 is 1.20 bits per heavy atom. The molecule has 0 aliphatic rings. The van der Waals surface area contributed by atoms with E-state index < -0.39 is 18.1 Å². The van der Waals surface area contributed by atoms with E-state index in [1.165, 1.54) is 11.3 Å². The lowest BCUT2D eigenvalue weighted by atomic mass is 9.90. The highest BCUT2D eigenvalue weighted by Gasteiger charge is 2.26. The summed E-state index contributed by atoms with van der Waals surface area (Å²) in [4.78, 5) is 0.837. The van der Waals surface area contributed by atoms with Crippen LogP contribution in [0.2, 0.25) is 0 Å². The number of aliphatic hydroxyl groups is 2. The Morgan fingerprint density at radius 2 is 1.96 bits per heavy atom. The SMILES string of the molecule is C=C[C@H]([C@H](O)CC/C(=C/c1ccccc1O)CC)[C@H](O)c1cccs1. The summed E-state index contributed by atoms with van der Waals surface area (Å²) in [5.74, 6) is -0.145. The van der Waals surface area contributed by atoms with Gasteiger partial charge in [0, 0.05) is 16.4 Å². The number of aliphatic hydroxyl groups excluding tert-OH is 2. The zero-order chi connectivity index (χ0) is 18.2. The van der Waals surface area contributed by atoms with E-state index in [4.69, 9.17) is 0 Å². The summed E-state index contributed by atoms with van der Waals surface area (Å²) < 4.78 is 0. The van der Waals surface area contributed by atoms with Crippen LogP contribution in [0.5, 0.6) is 5.75 Å². The van der Waals surface area contributed by atoms with Gasteiger partial charge in [-0.3, -0.25) is 0 Å². The maximum atomic E-state index is 10.5. The van der Waals surface area contributed by atoms with Crippen molar-refractivity contribution in [1.29, 1.82) is 0 Å². The monoisotopic (exact) mass is 358 g/mol. The third-order valence-electron chi connectivity index (χ3n) is 4.43. The quantitative estimate of drug-likeness (QED) is 0.557. The molecule has 2 aromatic rings. The first-order valence-corrected chi connectivity index (χ1v) is 9.44. The predicted octanol–water partition coefficient (Wildman–Crippen LogP) is 4.92. The molecule has 0 saturated heterocycles. The molecule has 0 spiro atoms. The second kappa shape index (κ2) is 9.56. The first-order chi connectivity index (χ1) is 12.1. The number of phenolic OH excluding ortho intramolecular Hbond substituents is 1. The maximum absolute atomic E-state index is 10.5. The number of phenols is 1. The normalized spacial score (nSPS) is 15.6. The molecule has 3 nitrogen and oxygen atoms in total. The molecule has 1 aromatic carbocycles. The molecule has 2 rings (SSSR count). The van der Waals surface area contributed by atoms with Gasteiger partial charge in [-0.15, -0.1) is 17.9 Å². The Kier molecular flexibility index (Phi) is 7.44. The molecule has 25 heavy (non-hydrogen) atoms. The summed E-state index contributed by atoms with van der Waals surface area (Å²) in [6.45, 7) is 5.84. The van der Waals surface area contributed by atoms with Crippen molar-refractivity contribution in [2.75, 3.05) is 0 Å². The van der Waals surface area contributed by atoms with E-state index in [9.17, 15) is 15.3 Å². The number of rotatable bonds is 9. The van der Waals surface area contributed by atoms with Crippen molar-refractivity contribution < 1.29 is 15.3 Å². The zero-order valence-corrected chi connectivity index (χ0v) is 15.3. The van der Waals surface area contributed by atoms with Gasteiger partial charge in [-0.2, -0.15) is 0 Å². The number of allylic oxidation sites excluding steroid dienone is 1. The first kappa shape index (κ1) is 19.4. The molecule has 3 atom stereocenters. The van der Waals surface area contributed by atoms with Gasteiger partial charge in [0.2, 0.25) is 0 Å². The average molecular weight is 359 g/mol. The molecule has 0 aliphatic heterocycles. The molecule has 1 aromatic heterocycles. The second-order valence-corrected chi connectivity index (χ2v) is 7.07. The van der Waals surface area contributed by atoms with Crippen LogP contribution in [0.15, 0.2) is 60.0 Å². The smallest absolute Gasteiger partial charge is 0.122 e. The highest BCUT2D eigenvalue weighted by atomic mass is 32.1. The summed E-state index contributed by atoms with van der Waals surface area (Å²) >= 11 is 1.48. The number of hydrogen-bond acceptors (Lipinski definition) is 4. The molecule has 3 N–H and O–H groups in total. The van der Waals surface area contributed by atoms with E-state index >= 15 is 0 Å². The van der Waals surface area contributed by atoms with Crippen LogP contribution in [0.1, 0.15) is 42.7 Å². The number of benzene rings is 1. The van der Waals surface area contributed by atoms with Crippen LogP contribution in [0.3, 0.4) is 0 Å². The molecule has 4 heteroatoms. The Hall–Kier alpha value is -1.88. The Balaban J connectivity index is 2.02. The maximum Gasteiger partial charge on any atom is 0.122 e. The summed E-state index contributed by atoms with van der Waals surface area (Å²) in [5, 5.41) is 32.8. The average Bonchev–Trinajstić information content (AvgIpc) is 3.15. The van der Waals surface area contributed by atoms with Gasteiger partial charge in [0.15, 0.2) is 0 Å². The minimum absolute atomic E-state index is 0.256. The Morgan fingerprint density at radius 3 is 2.56 bits per heavy atom. The van der Waals surface area contributed by atoms with E-state index in [2.05, 4.69) is 13.5 Å². The summed E-state index contributed by atoms with van der Waals surface area (Å²) in [7, 11) is 0. The Labute approximate surface area is 153 Å². The van der Waals surface area contributed by atoms with Gasteiger partial charge in [0.1, 0.15) is 5.75 Å². The van der Waals surface area contributed by atoms with Gasteiger partial charge in [-0.25, -0.2) is 0 Å². The van der Waals surface area contributed by atoms with E-state index in [1.54, 1.807) is 18.2 Å². The summed E-state index contributed by atoms with van der Waals surface area (Å²) in [6, 6.07) is 11.0. The van der Waals surface area contributed by atoms with Crippen LogP contribution in [-0.4, -0.2) is 21.4 Å². The fraction of sp³-hybridized carbons (Fsp3) is 0.333. The Bertz CT molecular complexity index is 691. The lowest BCUT2D eigenvalue weighted by molar-refractivity contribution is 0.0336.